The Hall–Kier alpha value is -0.170. The molecule has 2 aliphatic rings. The molecule has 2 saturated heterocycles. The predicted octanol–water partition coefficient (Wildman–Crippen LogP) is 0.0958. The topological polar surface area (TPSA) is 52.7 Å². The van der Waals surface area contributed by atoms with E-state index in [0.29, 0.717) is 25.7 Å². The third-order valence-corrected chi connectivity index (χ3v) is 5.78. The highest BCUT2D eigenvalue weighted by molar-refractivity contribution is 7.89. The van der Waals surface area contributed by atoms with Gasteiger partial charge in [0, 0.05) is 25.7 Å². The van der Waals surface area contributed by atoms with E-state index in [4.69, 9.17) is 0 Å². The molecule has 0 amide bonds. The van der Waals surface area contributed by atoms with Crippen molar-refractivity contribution in [3.05, 3.63) is 0 Å². The smallest absolute Gasteiger partial charge is 0.215 e. The molecular formula is C12H25N3O2S. The summed E-state index contributed by atoms with van der Waals surface area (Å²) in [4.78, 5) is 2.46. The maximum Gasteiger partial charge on any atom is 0.215 e. The SMILES string of the molecule is CCNCCS(=O)(=O)N1CCCN2CCCC2C1. The lowest BCUT2D eigenvalue weighted by atomic mass is 10.2. The molecule has 18 heavy (non-hydrogen) atoms. The van der Waals surface area contributed by atoms with Crippen molar-refractivity contribution in [2.24, 2.45) is 0 Å². The first-order valence-electron chi connectivity index (χ1n) is 7.06. The van der Waals surface area contributed by atoms with Gasteiger partial charge in [-0.1, -0.05) is 6.92 Å². The summed E-state index contributed by atoms with van der Waals surface area (Å²) in [5, 5.41) is 3.09. The molecule has 0 aromatic carbocycles. The molecule has 1 N–H and O–H groups in total. The van der Waals surface area contributed by atoms with Crippen molar-refractivity contribution >= 4 is 10.0 Å². The van der Waals surface area contributed by atoms with Gasteiger partial charge in [-0.25, -0.2) is 12.7 Å². The average molecular weight is 275 g/mol. The van der Waals surface area contributed by atoms with Gasteiger partial charge in [-0.3, -0.25) is 4.90 Å². The molecule has 6 heteroatoms. The summed E-state index contributed by atoms with van der Waals surface area (Å²) in [6.45, 7) is 6.99. The summed E-state index contributed by atoms with van der Waals surface area (Å²) in [5.41, 5.74) is 0. The van der Waals surface area contributed by atoms with Crippen LogP contribution in [0, 0.1) is 0 Å². The van der Waals surface area contributed by atoms with Gasteiger partial charge in [0.15, 0.2) is 0 Å². The van der Waals surface area contributed by atoms with Gasteiger partial charge in [0.05, 0.1) is 5.75 Å². The van der Waals surface area contributed by atoms with E-state index in [1.165, 1.54) is 6.42 Å². The summed E-state index contributed by atoms with van der Waals surface area (Å²) in [6.07, 6.45) is 3.34. The number of rotatable bonds is 5. The molecule has 1 unspecified atom stereocenters. The highest BCUT2D eigenvalue weighted by Gasteiger charge is 2.33. The minimum atomic E-state index is -3.07. The van der Waals surface area contributed by atoms with Crippen LogP contribution >= 0.6 is 0 Å². The molecule has 106 valence electrons. The fourth-order valence-electron chi connectivity index (χ4n) is 2.93. The van der Waals surface area contributed by atoms with Crippen LogP contribution in [0.15, 0.2) is 0 Å². The molecule has 0 spiro atoms. The fraction of sp³-hybridized carbons (Fsp3) is 1.00. The van der Waals surface area contributed by atoms with E-state index in [0.717, 1.165) is 32.5 Å². The molecule has 0 radical (unpaired) electrons. The summed E-state index contributed by atoms with van der Waals surface area (Å²) < 4.78 is 26.3. The second-order valence-electron chi connectivity index (χ2n) is 5.21. The lowest BCUT2D eigenvalue weighted by Crippen LogP contribution is -2.42. The minimum Gasteiger partial charge on any atom is -0.316 e. The van der Waals surface area contributed by atoms with Crippen molar-refractivity contribution in [1.82, 2.24) is 14.5 Å². The van der Waals surface area contributed by atoms with Crippen molar-refractivity contribution in [1.29, 1.82) is 0 Å². The zero-order valence-corrected chi connectivity index (χ0v) is 12.1. The molecule has 0 saturated carbocycles. The quantitative estimate of drug-likeness (QED) is 0.723. The minimum absolute atomic E-state index is 0.230. The highest BCUT2D eigenvalue weighted by Crippen LogP contribution is 2.22. The van der Waals surface area contributed by atoms with Crippen molar-refractivity contribution in [3.8, 4) is 0 Å². The Bertz CT molecular complexity index is 358. The van der Waals surface area contributed by atoms with Gasteiger partial charge in [0.2, 0.25) is 10.0 Å². The van der Waals surface area contributed by atoms with Crippen LogP contribution in [-0.4, -0.2) is 68.7 Å². The molecule has 1 atom stereocenters. The summed E-state index contributed by atoms with van der Waals surface area (Å²) in [5.74, 6) is 0.230. The maximum absolute atomic E-state index is 12.3. The Balaban J connectivity index is 1.94. The first kappa shape index (κ1) is 14.2. The van der Waals surface area contributed by atoms with Crippen LogP contribution in [0.4, 0.5) is 0 Å². The Morgan fingerprint density at radius 3 is 2.78 bits per heavy atom. The largest absolute Gasteiger partial charge is 0.316 e. The first-order chi connectivity index (χ1) is 8.63. The van der Waals surface area contributed by atoms with E-state index in [2.05, 4.69) is 10.2 Å². The molecule has 0 aromatic rings. The number of hydrogen-bond donors (Lipinski definition) is 1. The second kappa shape index (κ2) is 6.32. The number of nitrogens with zero attached hydrogens (tertiary/aromatic N) is 2. The van der Waals surface area contributed by atoms with Gasteiger partial charge >= 0.3 is 0 Å². The highest BCUT2D eigenvalue weighted by atomic mass is 32.2. The Kier molecular flexibility index (Phi) is 5.00. The average Bonchev–Trinajstić information content (AvgIpc) is 2.66. The lowest BCUT2D eigenvalue weighted by molar-refractivity contribution is 0.257. The van der Waals surface area contributed by atoms with E-state index in [9.17, 15) is 8.42 Å². The Labute approximate surface area is 111 Å². The van der Waals surface area contributed by atoms with Crippen molar-refractivity contribution < 1.29 is 8.42 Å². The standard InChI is InChI=1S/C12H25N3O2S/c1-2-13-6-10-18(16,17)15-9-4-8-14-7-3-5-12(14)11-15/h12-13H,2-11H2,1H3. The molecule has 0 bridgehead atoms. The maximum atomic E-state index is 12.3. The van der Waals surface area contributed by atoms with Crippen molar-refractivity contribution in [2.45, 2.75) is 32.2 Å². The van der Waals surface area contributed by atoms with Gasteiger partial charge in [-0.15, -0.1) is 0 Å². The molecule has 2 fully saturated rings. The third-order valence-electron chi connectivity index (χ3n) is 3.95. The van der Waals surface area contributed by atoms with Crippen LogP contribution in [0.25, 0.3) is 0 Å². The van der Waals surface area contributed by atoms with E-state index < -0.39 is 10.0 Å². The number of nitrogens with one attached hydrogen (secondary N) is 1. The Morgan fingerprint density at radius 1 is 1.22 bits per heavy atom. The lowest BCUT2D eigenvalue weighted by Gasteiger charge is -2.25. The summed E-state index contributed by atoms with van der Waals surface area (Å²) in [6, 6.07) is 0.460. The molecule has 2 heterocycles. The van der Waals surface area contributed by atoms with E-state index in [-0.39, 0.29) is 5.75 Å². The molecule has 0 aromatic heterocycles. The Morgan fingerprint density at radius 2 is 2.00 bits per heavy atom. The van der Waals surface area contributed by atoms with Gasteiger partial charge in [0.1, 0.15) is 0 Å². The molecule has 2 aliphatic heterocycles. The zero-order valence-electron chi connectivity index (χ0n) is 11.3. The molecule has 2 rings (SSSR count). The molecular weight excluding hydrogens is 250 g/mol. The second-order valence-corrected chi connectivity index (χ2v) is 7.30. The number of sulfonamides is 1. The van der Waals surface area contributed by atoms with Gasteiger partial charge < -0.3 is 5.32 Å². The van der Waals surface area contributed by atoms with Crippen LogP contribution in [0.1, 0.15) is 26.2 Å². The number of hydrogen-bond acceptors (Lipinski definition) is 4. The van der Waals surface area contributed by atoms with Crippen LogP contribution in [0.2, 0.25) is 0 Å². The summed E-state index contributed by atoms with van der Waals surface area (Å²) in [7, 11) is -3.07. The molecule has 0 aliphatic carbocycles. The molecule has 5 nitrogen and oxygen atoms in total. The van der Waals surface area contributed by atoms with Crippen LogP contribution in [0.5, 0.6) is 0 Å². The monoisotopic (exact) mass is 275 g/mol. The van der Waals surface area contributed by atoms with Crippen molar-refractivity contribution in [3.63, 3.8) is 0 Å². The third kappa shape index (κ3) is 3.44. The van der Waals surface area contributed by atoms with Crippen LogP contribution in [-0.2, 0) is 10.0 Å². The fourth-order valence-corrected chi connectivity index (χ4v) is 4.40. The van der Waals surface area contributed by atoms with Gasteiger partial charge in [0.25, 0.3) is 0 Å². The van der Waals surface area contributed by atoms with Crippen LogP contribution in [0.3, 0.4) is 0 Å². The number of fused-ring (bicyclic) bond motifs is 1. The van der Waals surface area contributed by atoms with Gasteiger partial charge in [-0.2, -0.15) is 0 Å². The van der Waals surface area contributed by atoms with Gasteiger partial charge in [-0.05, 0) is 38.9 Å². The van der Waals surface area contributed by atoms with Crippen LogP contribution < -0.4 is 5.32 Å². The van der Waals surface area contributed by atoms with E-state index in [1.54, 1.807) is 4.31 Å². The van der Waals surface area contributed by atoms with E-state index in [1.807, 2.05) is 6.92 Å². The summed E-state index contributed by atoms with van der Waals surface area (Å²) >= 11 is 0. The first-order valence-corrected chi connectivity index (χ1v) is 8.67. The predicted molar refractivity (Wildman–Crippen MR) is 73.1 cm³/mol. The van der Waals surface area contributed by atoms with E-state index >= 15 is 0 Å². The normalized spacial score (nSPS) is 27.1. The van der Waals surface area contributed by atoms with Crippen molar-refractivity contribution in [2.75, 3.05) is 45.0 Å². The zero-order chi connectivity index (χ0) is 13.0.